The maximum Gasteiger partial charge on any atom is 0.240 e. The molecular weight excluding hydrogens is 344 g/mol. The molecule has 7 nitrogen and oxygen atoms in total. The Morgan fingerprint density at radius 1 is 1.41 bits per heavy atom. The predicted molar refractivity (Wildman–Crippen MR) is 98.8 cm³/mol. The molecule has 3 amide bonds. The van der Waals surface area contributed by atoms with Crippen molar-refractivity contribution < 1.29 is 14.4 Å². The van der Waals surface area contributed by atoms with Crippen molar-refractivity contribution in [1.29, 1.82) is 5.26 Å². The minimum Gasteiger partial charge on any atom is -0.368 e. The molecule has 2 aliphatic heterocycles. The van der Waals surface area contributed by atoms with E-state index in [-0.39, 0.29) is 35.0 Å². The van der Waals surface area contributed by atoms with E-state index in [1.807, 2.05) is 0 Å². The summed E-state index contributed by atoms with van der Waals surface area (Å²) in [7, 11) is 0. The Morgan fingerprint density at radius 3 is 2.70 bits per heavy atom. The summed E-state index contributed by atoms with van der Waals surface area (Å²) in [4.78, 5) is 38.1. The van der Waals surface area contributed by atoms with Crippen molar-refractivity contribution in [3.63, 3.8) is 0 Å². The van der Waals surface area contributed by atoms with Crippen LogP contribution in [0.4, 0.5) is 0 Å². The zero-order chi connectivity index (χ0) is 19.8. The van der Waals surface area contributed by atoms with Crippen molar-refractivity contribution in [1.82, 2.24) is 10.2 Å². The molecule has 148 valence electrons. The average molecular weight is 374 g/mol. The van der Waals surface area contributed by atoms with Gasteiger partial charge in [0.1, 0.15) is 6.04 Å². The molecular formula is C20H30N4O3. The van der Waals surface area contributed by atoms with Gasteiger partial charge in [-0.2, -0.15) is 5.26 Å². The van der Waals surface area contributed by atoms with Gasteiger partial charge in [-0.15, -0.1) is 0 Å². The lowest BCUT2D eigenvalue weighted by Gasteiger charge is -2.22. The summed E-state index contributed by atoms with van der Waals surface area (Å²) in [5, 5.41) is 12.5. The molecule has 0 aromatic rings. The third kappa shape index (κ3) is 3.95. The van der Waals surface area contributed by atoms with Gasteiger partial charge < -0.3 is 16.0 Å². The monoisotopic (exact) mass is 374 g/mol. The zero-order valence-corrected chi connectivity index (χ0v) is 16.2. The lowest BCUT2D eigenvalue weighted by atomic mass is 9.86. The Morgan fingerprint density at radius 2 is 2.15 bits per heavy atom. The Bertz CT molecular complexity index is 671. The average Bonchev–Trinajstić information content (AvgIpc) is 2.94. The molecule has 1 aliphatic carbocycles. The molecule has 3 rings (SSSR count). The quantitative estimate of drug-likeness (QED) is 0.696. The van der Waals surface area contributed by atoms with Gasteiger partial charge in [-0.1, -0.05) is 13.8 Å². The number of carbonyl (C=O) groups excluding carboxylic acids is 3. The minimum absolute atomic E-state index is 0.0151. The van der Waals surface area contributed by atoms with E-state index in [0.717, 1.165) is 19.3 Å². The molecule has 3 N–H and O–H groups in total. The number of amides is 3. The molecule has 0 aromatic heterocycles. The second kappa shape index (κ2) is 7.49. The van der Waals surface area contributed by atoms with Crippen LogP contribution in [0.25, 0.3) is 0 Å². The molecule has 5 atom stereocenters. The zero-order valence-electron chi connectivity index (χ0n) is 16.2. The van der Waals surface area contributed by atoms with E-state index >= 15 is 0 Å². The SMILES string of the molecule is CC(C)CCC(=O)N1CC2(CC1C(N)=O)CC2[C@@H](C#N)C[C@H]1CCNC1=O. The van der Waals surface area contributed by atoms with Crippen LogP contribution < -0.4 is 11.1 Å². The topological polar surface area (TPSA) is 116 Å². The van der Waals surface area contributed by atoms with Gasteiger partial charge in [0, 0.05) is 25.4 Å². The van der Waals surface area contributed by atoms with Crippen molar-refractivity contribution in [2.24, 2.45) is 34.8 Å². The fourth-order valence-corrected chi connectivity index (χ4v) is 4.93. The molecule has 0 radical (unpaired) electrons. The Kier molecular flexibility index (Phi) is 5.45. The van der Waals surface area contributed by atoms with Crippen LogP contribution in [0.5, 0.6) is 0 Å². The second-order valence-corrected chi connectivity index (χ2v) is 9.00. The van der Waals surface area contributed by atoms with Crippen LogP contribution in [0, 0.1) is 40.4 Å². The molecule has 0 bridgehead atoms. The summed E-state index contributed by atoms with van der Waals surface area (Å²) in [6, 6.07) is 1.83. The molecule has 3 aliphatic rings. The number of hydrogen-bond acceptors (Lipinski definition) is 4. The third-order valence-corrected chi connectivity index (χ3v) is 6.65. The smallest absolute Gasteiger partial charge is 0.240 e. The van der Waals surface area contributed by atoms with Gasteiger partial charge in [-0.25, -0.2) is 0 Å². The fraction of sp³-hybridized carbons (Fsp3) is 0.800. The normalized spacial score (nSPS) is 33.2. The highest BCUT2D eigenvalue weighted by molar-refractivity contribution is 5.87. The van der Waals surface area contributed by atoms with E-state index in [9.17, 15) is 19.6 Å². The van der Waals surface area contributed by atoms with Crippen molar-refractivity contribution in [2.45, 2.75) is 58.4 Å². The number of likely N-dealkylation sites (tertiary alicyclic amines) is 1. The number of hydrogen-bond donors (Lipinski definition) is 2. The Hall–Kier alpha value is -2.10. The van der Waals surface area contributed by atoms with E-state index in [2.05, 4.69) is 25.2 Å². The van der Waals surface area contributed by atoms with Gasteiger partial charge in [-0.05, 0) is 49.4 Å². The van der Waals surface area contributed by atoms with Crippen LogP contribution in [0.15, 0.2) is 0 Å². The fourth-order valence-electron chi connectivity index (χ4n) is 4.93. The summed E-state index contributed by atoms with van der Waals surface area (Å²) in [6.45, 7) is 5.33. The van der Waals surface area contributed by atoms with E-state index < -0.39 is 11.9 Å². The standard InChI is InChI=1S/C20H30N4O3/c1-12(2)3-4-17(25)24-11-20(9-16(24)18(22)26)8-15(20)14(10-21)7-13-5-6-23-19(13)27/h12-16H,3-9,11H2,1-2H3,(H2,22,26)(H,23,27)/t13-,14-,15?,16?,20?/m1/s1. The first-order valence-corrected chi connectivity index (χ1v) is 10.0. The number of primary amides is 1. The van der Waals surface area contributed by atoms with E-state index in [0.29, 0.717) is 38.3 Å². The molecule has 0 aromatic carbocycles. The summed E-state index contributed by atoms with van der Waals surface area (Å²) >= 11 is 0. The summed E-state index contributed by atoms with van der Waals surface area (Å²) in [5.74, 6) is -0.176. The molecule has 3 unspecified atom stereocenters. The molecule has 2 heterocycles. The van der Waals surface area contributed by atoms with E-state index in [1.54, 1.807) is 4.90 Å². The van der Waals surface area contributed by atoms with Gasteiger partial charge in [0.25, 0.3) is 0 Å². The lowest BCUT2D eigenvalue weighted by Crippen LogP contribution is -2.43. The van der Waals surface area contributed by atoms with Crippen molar-refractivity contribution >= 4 is 17.7 Å². The van der Waals surface area contributed by atoms with Gasteiger partial charge in [0.15, 0.2) is 0 Å². The number of nitrogens with two attached hydrogens (primary N) is 1. The molecule has 3 fully saturated rings. The molecule has 1 saturated carbocycles. The van der Waals surface area contributed by atoms with Crippen LogP contribution in [0.3, 0.4) is 0 Å². The predicted octanol–water partition coefficient (Wildman–Crippen LogP) is 1.18. The van der Waals surface area contributed by atoms with Crippen LogP contribution in [-0.2, 0) is 14.4 Å². The largest absolute Gasteiger partial charge is 0.368 e. The number of nitrogens with one attached hydrogen (secondary N) is 1. The lowest BCUT2D eigenvalue weighted by molar-refractivity contribution is -0.137. The first kappa shape index (κ1) is 19.7. The number of rotatable bonds is 7. The van der Waals surface area contributed by atoms with Gasteiger partial charge >= 0.3 is 0 Å². The van der Waals surface area contributed by atoms with Gasteiger partial charge in [0.05, 0.1) is 12.0 Å². The van der Waals surface area contributed by atoms with E-state index in [4.69, 9.17) is 5.73 Å². The molecule has 7 heteroatoms. The van der Waals surface area contributed by atoms with E-state index in [1.165, 1.54) is 0 Å². The van der Waals surface area contributed by atoms with Crippen molar-refractivity contribution in [3.05, 3.63) is 0 Å². The van der Waals surface area contributed by atoms with Crippen LogP contribution in [-0.4, -0.2) is 41.8 Å². The van der Waals surface area contributed by atoms with Crippen molar-refractivity contribution in [3.8, 4) is 6.07 Å². The highest BCUT2D eigenvalue weighted by Gasteiger charge is 2.64. The summed E-state index contributed by atoms with van der Waals surface area (Å²) in [6.07, 6.45) is 3.94. The molecule has 1 spiro atoms. The first-order valence-electron chi connectivity index (χ1n) is 10.0. The van der Waals surface area contributed by atoms with Crippen LogP contribution in [0.2, 0.25) is 0 Å². The second-order valence-electron chi connectivity index (χ2n) is 9.00. The Balaban J connectivity index is 1.66. The maximum atomic E-state index is 12.6. The van der Waals surface area contributed by atoms with Gasteiger partial charge in [-0.3, -0.25) is 14.4 Å². The molecule has 27 heavy (non-hydrogen) atoms. The van der Waals surface area contributed by atoms with Crippen LogP contribution >= 0.6 is 0 Å². The molecule has 2 saturated heterocycles. The summed E-state index contributed by atoms with van der Waals surface area (Å²) in [5.41, 5.74) is 5.41. The van der Waals surface area contributed by atoms with Crippen LogP contribution in [0.1, 0.15) is 52.4 Å². The van der Waals surface area contributed by atoms with Gasteiger partial charge in [0.2, 0.25) is 17.7 Å². The highest BCUT2D eigenvalue weighted by atomic mass is 16.2. The Labute approximate surface area is 160 Å². The number of nitrogens with zero attached hydrogens (tertiary/aromatic N) is 2. The first-order chi connectivity index (χ1) is 12.8. The number of carbonyl (C=O) groups is 3. The van der Waals surface area contributed by atoms with Crippen molar-refractivity contribution in [2.75, 3.05) is 13.1 Å². The third-order valence-electron chi connectivity index (χ3n) is 6.65. The summed E-state index contributed by atoms with van der Waals surface area (Å²) < 4.78 is 0. The maximum absolute atomic E-state index is 12.6. The number of nitriles is 1. The highest BCUT2D eigenvalue weighted by Crippen LogP contribution is 2.64. The minimum atomic E-state index is -0.566.